The van der Waals surface area contributed by atoms with Crippen molar-refractivity contribution in [3.8, 4) is 11.4 Å². The van der Waals surface area contributed by atoms with Gasteiger partial charge in [0.25, 0.3) is 5.56 Å². The molecule has 0 atom stereocenters. The highest BCUT2D eigenvalue weighted by atomic mass is 16.1. The maximum Gasteiger partial charge on any atom is 0.275 e. The summed E-state index contributed by atoms with van der Waals surface area (Å²) < 4.78 is 0. The molecule has 3 nitrogen and oxygen atoms in total. The van der Waals surface area contributed by atoms with Crippen LogP contribution < -0.4 is 5.56 Å². The van der Waals surface area contributed by atoms with Crippen molar-refractivity contribution in [1.82, 2.24) is 9.97 Å². The van der Waals surface area contributed by atoms with E-state index >= 15 is 0 Å². The SMILES string of the molecule is Cc1cc(C)c2cc(C(C)C)c(=O)nc-2[nH]1. The van der Waals surface area contributed by atoms with E-state index in [1.54, 1.807) is 0 Å². The molecule has 2 rings (SSSR count). The minimum absolute atomic E-state index is 0.122. The van der Waals surface area contributed by atoms with Gasteiger partial charge in [0, 0.05) is 16.8 Å². The number of aromatic amines is 1. The number of hydrogen-bond acceptors (Lipinski definition) is 2. The Morgan fingerprint density at radius 3 is 2.56 bits per heavy atom. The number of nitrogens with one attached hydrogen (secondary N) is 1. The van der Waals surface area contributed by atoms with Crippen LogP contribution in [0.4, 0.5) is 0 Å². The van der Waals surface area contributed by atoms with E-state index in [1.165, 1.54) is 0 Å². The number of aryl methyl sites for hydroxylation is 2. The van der Waals surface area contributed by atoms with Crippen LogP contribution in [0, 0.1) is 13.8 Å². The molecular formula is C13H16N2O. The van der Waals surface area contributed by atoms with Crippen molar-refractivity contribution in [3.05, 3.63) is 39.3 Å². The van der Waals surface area contributed by atoms with Gasteiger partial charge in [-0.05, 0) is 37.5 Å². The molecule has 16 heavy (non-hydrogen) atoms. The van der Waals surface area contributed by atoms with Crippen LogP contribution >= 0.6 is 0 Å². The molecule has 0 spiro atoms. The molecule has 0 aromatic rings. The molecule has 84 valence electrons. The Hall–Kier alpha value is -1.64. The van der Waals surface area contributed by atoms with Crippen LogP contribution in [0.5, 0.6) is 0 Å². The molecule has 0 aliphatic carbocycles. The Morgan fingerprint density at radius 1 is 1.25 bits per heavy atom. The predicted octanol–water partition coefficient (Wildman–Crippen LogP) is 2.61. The summed E-state index contributed by atoms with van der Waals surface area (Å²) in [4.78, 5) is 19.0. The number of aromatic nitrogens is 2. The van der Waals surface area contributed by atoms with Crippen LogP contribution in [0.15, 0.2) is 16.9 Å². The fraction of sp³-hybridized carbons (Fsp3) is 0.385. The number of rotatable bonds is 1. The maximum atomic E-state index is 11.8. The van der Waals surface area contributed by atoms with Gasteiger partial charge in [-0.25, -0.2) is 0 Å². The van der Waals surface area contributed by atoms with Crippen molar-refractivity contribution < 1.29 is 0 Å². The number of hydrogen-bond donors (Lipinski definition) is 1. The number of fused-ring (bicyclic) bond motifs is 1. The van der Waals surface area contributed by atoms with E-state index in [0.717, 1.165) is 22.4 Å². The molecule has 0 saturated carbocycles. The van der Waals surface area contributed by atoms with Gasteiger partial charge in [0.05, 0.1) is 0 Å². The first-order chi connectivity index (χ1) is 7.49. The van der Waals surface area contributed by atoms with E-state index in [-0.39, 0.29) is 11.5 Å². The maximum absolute atomic E-state index is 11.8. The molecular weight excluding hydrogens is 200 g/mol. The lowest BCUT2D eigenvalue weighted by atomic mass is 9.99. The van der Waals surface area contributed by atoms with Gasteiger partial charge in [-0.15, -0.1) is 0 Å². The molecule has 0 aromatic heterocycles. The molecule has 1 N–H and O–H groups in total. The average molecular weight is 216 g/mol. The molecule has 0 aromatic carbocycles. The molecule has 3 heteroatoms. The Labute approximate surface area is 94.9 Å². The van der Waals surface area contributed by atoms with Crippen molar-refractivity contribution in [2.24, 2.45) is 0 Å². The fourth-order valence-electron chi connectivity index (χ4n) is 1.95. The molecule has 2 aliphatic heterocycles. The van der Waals surface area contributed by atoms with Crippen molar-refractivity contribution in [3.63, 3.8) is 0 Å². The minimum Gasteiger partial charge on any atom is -0.343 e. The minimum atomic E-state index is -0.122. The quantitative estimate of drug-likeness (QED) is 0.796. The van der Waals surface area contributed by atoms with E-state index in [0.29, 0.717) is 5.82 Å². The van der Waals surface area contributed by atoms with Crippen molar-refractivity contribution in [1.29, 1.82) is 0 Å². The van der Waals surface area contributed by atoms with Crippen LogP contribution in [-0.2, 0) is 0 Å². The number of pyridine rings is 2. The lowest BCUT2D eigenvalue weighted by Crippen LogP contribution is -2.16. The lowest BCUT2D eigenvalue weighted by Gasteiger charge is -2.12. The van der Waals surface area contributed by atoms with Gasteiger partial charge < -0.3 is 4.98 Å². The van der Waals surface area contributed by atoms with Gasteiger partial charge in [0.15, 0.2) is 0 Å². The molecule has 2 aliphatic rings. The summed E-state index contributed by atoms with van der Waals surface area (Å²) in [6, 6.07) is 4.03. The smallest absolute Gasteiger partial charge is 0.275 e. The first-order valence-electron chi connectivity index (χ1n) is 5.50. The highest BCUT2D eigenvalue weighted by Crippen LogP contribution is 2.24. The average Bonchev–Trinajstić information content (AvgIpc) is 2.15. The zero-order chi connectivity index (χ0) is 11.9. The lowest BCUT2D eigenvalue weighted by molar-refractivity contribution is 0.841. The molecule has 0 fully saturated rings. The number of H-pyrrole nitrogens is 1. The second-order valence-corrected chi connectivity index (χ2v) is 4.57. The van der Waals surface area contributed by atoms with E-state index < -0.39 is 0 Å². The second kappa shape index (κ2) is 3.74. The summed E-state index contributed by atoms with van der Waals surface area (Å²) in [5.74, 6) is 0.900. The Kier molecular flexibility index (Phi) is 2.54. The van der Waals surface area contributed by atoms with Crippen LogP contribution in [0.25, 0.3) is 11.4 Å². The van der Waals surface area contributed by atoms with Gasteiger partial charge in [-0.1, -0.05) is 13.8 Å². The Bertz CT molecular complexity index is 555. The van der Waals surface area contributed by atoms with Gasteiger partial charge >= 0.3 is 0 Å². The first-order valence-corrected chi connectivity index (χ1v) is 5.50. The third-order valence-corrected chi connectivity index (χ3v) is 2.81. The summed E-state index contributed by atoms with van der Waals surface area (Å²) in [5, 5.41) is 0. The summed E-state index contributed by atoms with van der Waals surface area (Å²) in [5.41, 5.74) is 3.88. The van der Waals surface area contributed by atoms with E-state index in [4.69, 9.17) is 0 Å². The topological polar surface area (TPSA) is 45.8 Å². The molecule has 0 amide bonds. The summed E-state index contributed by atoms with van der Waals surface area (Å²) >= 11 is 0. The van der Waals surface area contributed by atoms with Crippen molar-refractivity contribution in [2.75, 3.05) is 0 Å². The molecule has 0 unspecified atom stereocenters. The van der Waals surface area contributed by atoms with Crippen LogP contribution in [0.1, 0.15) is 36.6 Å². The van der Waals surface area contributed by atoms with E-state index in [1.807, 2.05) is 33.8 Å². The first kappa shape index (κ1) is 10.9. The van der Waals surface area contributed by atoms with Crippen LogP contribution in [-0.4, -0.2) is 9.97 Å². The summed E-state index contributed by atoms with van der Waals surface area (Å²) in [7, 11) is 0. The van der Waals surface area contributed by atoms with Gasteiger partial charge in [-0.3, -0.25) is 4.79 Å². The van der Waals surface area contributed by atoms with Gasteiger partial charge in [0.2, 0.25) is 0 Å². The van der Waals surface area contributed by atoms with Gasteiger partial charge in [0.1, 0.15) is 5.82 Å². The normalized spacial score (nSPS) is 11.3. The van der Waals surface area contributed by atoms with Crippen LogP contribution in [0.2, 0.25) is 0 Å². The molecule has 0 bridgehead atoms. The van der Waals surface area contributed by atoms with Crippen molar-refractivity contribution in [2.45, 2.75) is 33.6 Å². The molecule has 2 heterocycles. The summed E-state index contributed by atoms with van der Waals surface area (Å²) in [6.07, 6.45) is 0. The highest BCUT2D eigenvalue weighted by molar-refractivity contribution is 5.62. The van der Waals surface area contributed by atoms with E-state index in [9.17, 15) is 4.79 Å². The number of nitrogens with zero attached hydrogens (tertiary/aromatic N) is 1. The fourth-order valence-corrected chi connectivity index (χ4v) is 1.95. The summed E-state index contributed by atoms with van der Waals surface area (Å²) in [6.45, 7) is 8.03. The molecule has 0 saturated heterocycles. The largest absolute Gasteiger partial charge is 0.343 e. The van der Waals surface area contributed by atoms with E-state index in [2.05, 4.69) is 16.0 Å². The zero-order valence-corrected chi connectivity index (χ0v) is 10.1. The third-order valence-electron chi connectivity index (χ3n) is 2.81. The van der Waals surface area contributed by atoms with Gasteiger partial charge in [-0.2, -0.15) is 4.98 Å². The van der Waals surface area contributed by atoms with Crippen molar-refractivity contribution >= 4 is 0 Å². The Morgan fingerprint density at radius 2 is 1.94 bits per heavy atom. The van der Waals surface area contributed by atoms with Crippen LogP contribution in [0.3, 0.4) is 0 Å². The second-order valence-electron chi connectivity index (χ2n) is 4.57. The monoisotopic (exact) mass is 216 g/mol. The third kappa shape index (κ3) is 1.73. The zero-order valence-electron chi connectivity index (χ0n) is 10.1. The molecule has 0 radical (unpaired) electrons. The Balaban J connectivity index is 2.80. The predicted molar refractivity (Wildman–Crippen MR) is 65.0 cm³/mol. The highest BCUT2D eigenvalue weighted by Gasteiger charge is 2.14. The standard InChI is InChI=1S/C13H16N2O/c1-7(2)10-6-11-8(3)5-9(4)14-12(11)15-13(10)16/h5-7H,1-4H3,(H,14,15,16).